The maximum absolute atomic E-state index is 13.0. The van der Waals surface area contributed by atoms with Gasteiger partial charge in [-0.05, 0) is 75.8 Å². The summed E-state index contributed by atoms with van der Waals surface area (Å²) in [7, 11) is 0. The van der Waals surface area contributed by atoms with Crippen LogP contribution in [0.3, 0.4) is 0 Å². The number of ether oxygens (including phenoxy) is 2. The molecule has 0 aliphatic rings. The molecule has 1 N–H and O–H groups in total. The van der Waals surface area contributed by atoms with E-state index in [1.165, 1.54) is 18.2 Å². The minimum absolute atomic E-state index is 0.00105. The van der Waals surface area contributed by atoms with E-state index >= 15 is 0 Å². The van der Waals surface area contributed by atoms with Gasteiger partial charge in [-0.25, -0.2) is 0 Å². The van der Waals surface area contributed by atoms with Gasteiger partial charge in [-0.1, -0.05) is 36.4 Å². The maximum Gasteiger partial charge on any atom is 0.269 e. The molecule has 0 aliphatic heterocycles. The second kappa shape index (κ2) is 12.0. The zero-order valence-electron chi connectivity index (χ0n) is 20.3. The molecule has 9 heteroatoms. The number of carbonyl (C=O) groups is 1. The third-order valence-corrected chi connectivity index (χ3v) is 6.16. The van der Waals surface area contributed by atoms with E-state index < -0.39 is 10.8 Å². The molecule has 0 fully saturated rings. The number of amides is 1. The number of fused-ring (bicyclic) bond motifs is 1. The smallest absolute Gasteiger partial charge is 0.269 e. The van der Waals surface area contributed by atoms with Gasteiger partial charge in [0.2, 0.25) is 0 Å². The van der Waals surface area contributed by atoms with E-state index in [1.54, 1.807) is 30.3 Å². The number of carbonyl (C=O) groups excluding carboxylic acids is 1. The lowest BCUT2D eigenvalue weighted by Gasteiger charge is -2.15. The standard InChI is InChI=1S/C29H22BrN3O5/c1-2-37-27-16-20(15-25(30)28(27)38-18-19-10-12-23(13-11-19)33(35)36)14-22(17-31)29(34)32-26-9-5-7-21-6-3-4-8-24(21)26/h3-16H,2,18H2,1H3,(H,32,34)/b22-14+. The monoisotopic (exact) mass is 571 g/mol. The molecule has 38 heavy (non-hydrogen) atoms. The number of nitro benzene ring substituents is 1. The molecule has 190 valence electrons. The van der Waals surface area contributed by atoms with Crippen LogP contribution in [0.25, 0.3) is 16.8 Å². The third kappa shape index (κ3) is 6.17. The number of nitro groups is 1. The summed E-state index contributed by atoms with van der Waals surface area (Å²) in [5.74, 6) is 0.319. The predicted octanol–water partition coefficient (Wildman–Crippen LogP) is 7.03. The zero-order valence-corrected chi connectivity index (χ0v) is 21.9. The second-order valence-corrected chi connectivity index (χ2v) is 8.98. The summed E-state index contributed by atoms with van der Waals surface area (Å²) in [6.45, 7) is 2.35. The lowest BCUT2D eigenvalue weighted by Crippen LogP contribution is -2.13. The summed E-state index contributed by atoms with van der Waals surface area (Å²) in [6, 6.07) is 24.7. The predicted molar refractivity (Wildman–Crippen MR) is 149 cm³/mol. The van der Waals surface area contributed by atoms with Crippen LogP contribution in [0, 0.1) is 21.4 Å². The lowest BCUT2D eigenvalue weighted by atomic mass is 10.1. The summed E-state index contributed by atoms with van der Waals surface area (Å²) >= 11 is 3.50. The minimum atomic E-state index is -0.531. The third-order valence-electron chi connectivity index (χ3n) is 5.58. The van der Waals surface area contributed by atoms with Gasteiger partial charge in [0, 0.05) is 23.2 Å². The van der Waals surface area contributed by atoms with Gasteiger partial charge in [-0.15, -0.1) is 0 Å². The van der Waals surface area contributed by atoms with Crippen molar-refractivity contribution in [3.63, 3.8) is 0 Å². The van der Waals surface area contributed by atoms with Gasteiger partial charge >= 0.3 is 0 Å². The van der Waals surface area contributed by atoms with Crippen LogP contribution in [-0.4, -0.2) is 17.4 Å². The summed E-state index contributed by atoms with van der Waals surface area (Å²) < 4.78 is 12.3. The number of nitriles is 1. The van der Waals surface area contributed by atoms with Crippen LogP contribution in [0.15, 0.2) is 88.9 Å². The van der Waals surface area contributed by atoms with Crippen molar-refractivity contribution in [2.75, 3.05) is 11.9 Å². The highest BCUT2D eigenvalue weighted by Crippen LogP contribution is 2.38. The second-order valence-electron chi connectivity index (χ2n) is 8.13. The normalized spacial score (nSPS) is 11.0. The Morgan fingerprint density at radius 3 is 2.53 bits per heavy atom. The van der Waals surface area contributed by atoms with E-state index in [0.29, 0.717) is 33.8 Å². The van der Waals surface area contributed by atoms with E-state index in [9.17, 15) is 20.2 Å². The SMILES string of the molecule is CCOc1cc(/C=C(\C#N)C(=O)Nc2cccc3ccccc23)cc(Br)c1OCc1ccc([N+](=O)[O-])cc1. The Kier molecular flexibility index (Phi) is 8.36. The van der Waals surface area contributed by atoms with Crippen LogP contribution >= 0.6 is 15.9 Å². The Labute approximate surface area is 227 Å². The summed E-state index contributed by atoms with van der Waals surface area (Å²) in [4.78, 5) is 23.4. The first-order chi connectivity index (χ1) is 18.4. The van der Waals surface area contributed by atoms with Gasteiger partial charge in [0.05, 0.1) is 16.0 Å². The van der Waals surface area contributed by atoms with Crippen LogP contribution in [0.1, 0.15) is 18.1 Å². The summed E-state index contributed by atoms with van der Waals surface area (Å²) in [5.41, 5.74) is 1.84. The number of rotatable bonds is 9. The fourth-order valence-electron chi connectivity index (χ4n) is 3.78. The first-order valence-corrected chi connectivity index (χ1v) is 12.4. The van der Waals surface area contributed by atoms with Crippen molar-refractivity contribution in [3.8, 4) is 17.6 Å². The van der Waals surface area contributed by atoms with E-state index in [2.05, 4.69) is 21.2 Å². The highest BCUT2D eigenvalue weighted by molar-refractivity contribution is 9.10. The highest BCUT2D eigenvalue weighted by Gasteiger charge is 2.16. The lowest BCUT2D eigenvalue weighted by molar-refractivity contribution is -0.384. The molecular formula is C29H22BrN3O5. The largest absolute Gasteiger partial charge is 0.490 e. The fraction of sp³-hybridized carbons (Fsp3) is 0.103. The van der Waals surface area contributed by atoms with Crippen LogP contribution in [0.4, 0.5) is 11.4 Å². The van der Waals surface area contributed by atoms with Crippen LogP contribution in [-0.2, 0) is 11.4 Å². The van der Waals surface area contributed by atoms with Gasteiger partial charge in [0.1, 0.15) is 18.2 Å². The van der Waals surface area contributed by atoms with Gasteiger partial charge < -0.3 is 14.8 Å². The Balaban J connectivity index is 1.57. The molecule has 0 heterocycles. The first kappa shape index (κ1) is 26.4. The van der Waals surface area contributed by atoms with E-state index in [4.69, 9.17) is 9.47 Å². The molecule has 0 spiro atoms. The number of benzene rings is 4. The summed E-state index contributed by atoms with van der Waals surface area (Å²) in [5, 5.41) is 25.3. The van der Waals surface area contributed by atoms with E-state index in [1.807, 2.05) is 49.4 Å². The number of nitrogens with zero attached hydrogens (tertiary/aromatic N) is 2. The minimum Gasteiger partial charge on any atom is -0.490 e. The average Bonchev–Trinajstić information content (AvgIpc) is 2.92. The van der Waals surface area contributed by atoms with Gasteiger partial charge in [0.15, 0.2) is 11.5 Å². The number of nitrogens with one attached hydrogen (secondary N) is 1. The molecule has 0 saturated heterocycles. The number of hydrogen-bond donors (Lipinski definition) is 1. The van der Waals surface area contributed by atoms with Crippen molar-refractivity contribution in [2.24, 2.45) is 0 Å². The molecule has 0 aliphatic carbocycles. The average molecular weight is 572 g/mol. The van der Waals surface area contributed by atoms with Gasteiger partial charge in [0.25, 0.3) is 11.6 Å². The molecule has 0 bridgehead atoms. The fourth-order valence-corrected chi connectivity index (χ4v) is 4.36. The van der Waals surface area contributed by atoms with Crippen LogP contribution in [0.2, 0.25) is 0 Å². The Morgan fingerprint density at radius 1 is 1.08 bits per heavy atom. The van der Waals surface area contributed by atoms with Crippen LogP contribution in [0.5, 0.6) is 11.5 Å². The molecule has 0 unspecified atom stereocenters. The number of halogens is 1. The van der Waals surface area contributed by atoms with Crippen molar-refractivity contribution in [2.45, 2.75) is 13.5 Å². The summed E-state index contributed by atoms with van der Waals surface area (Å²) in [6.07, 6.45) is 1.48. The molecule has 4 rings (SSSR count). The molecular weight excluding hydrogens is 550 g/mol. The maximum atomic E-state index is 13.0. The molecule has 0 saturated carbocycles. The van der Waals surface area contributed by atoms with Gasteiger partial charge in [-0.2, -0.15) is 5.26 Å². The topological polar surface area (TPSA) is 114 Å². The quantitative estimate of drug-likeness (QED) is 0.0997. The molecule has 4 aromatic carbocycles. The van der Waals surface area contributed by atoms with Crippen molar-refractivity contribution < 1.29 is 19.2 Å². The Morgan fingerprint density at radius 2 is 1.82 bits per heavy atom. The van der Waals surface area contributed by atoms with Crippen LogP contribution < -0.4 is 14.8 Å². The highest BCUT2D eigenvalue weighted by atomic mass is 79.9. The Bertz CT molecular complexity index is 1570. The van der Waals surface area contributed by atoms with E-state index in [0.717, 1.165) is 16.3 Å². The molecule has 1 amide bonds. The number of hydrogen-bond acceptors (Lipinski definition) is 6. The molecule has 4 aromatic rings. The Hall–Kier alpha value is -4.68. The van der Waals surface area contributed by atoms with Crippen molar-refractivity contribution >= 4 is 50.1 Å². The molecule has 0 atom stereocenters. The van der Waals surface area contributed by atoms with E-state index in [-0.39, 0.29) is 17.9 Å². The molecule has 8 nitrogen and oxygen atoms in total. The van der Waals surface area contributed by atoms with Crippen molar-refractivity contribution in [1.29, 1.82) is 5.26 Å². The molecule has 0 radical (unpaired) electrons. The van der Waals surface area contributed by atoms with Crippen molar-refractivity contribution in [1.82, 2.24) is 0 Å². The van der Waals surface area contributed by atoms with Gasteiger partial charge in [-0.3, -0.25) is 14.9 Å². The molecule has 0 aromatic heterocycles. The number of anilines is 1. The van der Waals surface area contributed by atoms with Crippen molar-refractivity contribution in [3.05, 3.63) is 110 Å². The zero-order chi connectivity index (χ0) is 27.1. The first-order valence-electron chi connectivity index (χ1n) is 11.6. The number of non-ortho nitro benzene ring substituents is 1.